The number of anilines is 1. The SMILES string of the molecule is CC(=O)OC(C(=O)N1CCCCC1C(=O)NCc1cc2c(N)nccc2o1)c1ccccc1. The van der Waals surface area contributed by atoms with Crippen molar-refractivity contribution in [1.29, 1.82) is 0 Å². The molecule has 1 aliphatic rings. The van der Waals surface area contributed by atoms with Gasteiger partial charge in [-0.15, -0.1) is 0 Å². The van der Waals surface area contributed by atoms with E-state index in [1.165, 1.54) is 11.8 Å². The number of amides is 2. The maximum absolute atomic E-state index is 13.4. The fourth-order valence-corrected chi connectivity index (χ4v) is 4.09. The quantitative estimate of drug-likeness (QED) is 0.553. The van der Waals surface area contributed by atoms with E-state index >= 15 is 0 Å². The number of carbonyl (C=O) groups is 3. The zero-order valence-electron chi connectivity index (χ0n) is 18.3. The second kappa shape index (κ2) is 9.72. The summed E-state index contributed by atoms with van der Waals surface area (Å²) in [5.74, 6) is -0.360. The molecule has 0 saturated carbocycles. The fourth-order valence-electron chi connectivity index (χ4n) is 4.09. The molecule has 3 N–H and O–H groups in total. The molecule has 0 bridgehead atoms. The molecule has 2 atom stereocenters. The Kier molecular flexibility index (Phi) is 6.58. The van der Waals surface area contributed by atoms with Crippen LogP contribution in [0, 0.1) is 0 Å². The maximum atomic E-state index is 13.4. The van der Waals surface area contributed by atoms with Crippen LogP contribution in [0.3, 0.4) is 0 Å². The summed E-state index contributed by atoms with van der Waals surface area (Å²) in [6, 6.07) is 11.6. The Bertz CT molecular complexity index is 1160. The Hall–Kier alpha value is -3.88. The molecule has 2 amide bonds. The molecule has 2 aromatic heterocycles. The normalized spacial score (nSPS) is 16.9. The van der Waals surface area contributed by atoms with E-state index in [-0.39, 0.29) is 12.5 Å². The highest BCUT2D eigenvalue weighted by Crippen LogP contribution is 2.26. The highest BCUT2D eigenvalue weighted by Gasteiger charge is 2.37. The molecule has 4 rings (SSSR count). The predicted octanol–water partition coefficient (Wildman–Crippen LogP) is 2.71. The van der Waals surface area contributed by atoms with Crippen molar-refractivity contribution in [3.05, 3.63) is 60.0 Å². The standard InChI is InChI=1S/C24H26N4O5/c1-15(29)32-21(16-7-3-2-4-8-16)24(31)28-12-6-5-9-19(28)23(30)27-14-17-13-18-20(33-17)10-11-26-22(18)25/h2-4,7-8,10-11,13,19,21H,5-6,9,12,14H2,1H3,(H2,25,26)(H,27,30). The highest BCUT2D eigenvalue weighted by molar-refractivity contribution is 5.91. The van der Waals surface area contributed by atoms with Gasteiger partial charge >= 0.3 is 5.97 Å². The molecule has 9 nitrogen and oxygen atoms in total. The minimum absolute atomic E-state index is 0.150. The number of likely N-dealkylation sites (tertiary alicyclic amines) is 1. The smallest absolute Gasteiger partial charge is 0.303 e. The van der Waals surface area contributed by atoms with Crippen LogP contribution in [0.5, 0.6) is 0 Å². The molecule has 1 fully saturated rings. The first kappa shape index (κ1) is 22.3. The molecule has 33 heavy (non-hydrogen) atoms. The second-order valence-corrected chi connectivity index (χ2v) is 7.98. The first-order valence-electron chi connectivity index (χ1n) is 10.9. The summed E-state index contributed by atoms with van der Waals surface area (Å²) in [6.45, 7) is 1.82. The first-order chi connectivity index (χ1) is 15.9. The number of nitrogens with two attached hydrogens (primary N) is 1. The molecule has 0 radical (unpaired) electrons. The number of nitrogens with zero attached hydrogens (tertiary/aromatic N) is 2. The average Bonchev–Trinajstić information content (AvgIpc) is 3.25. The molecule has 3 heterocycles. The third kappa shape index (κ3) is 4.97. The summed E-state index contributed by atoms with van der Waals surface area (Å²) in [5, 5.41) is 3.54. The summed E-state index contributed by atoms with van der Waals surface area (Å²) >= 11 is 0. The number of nitrogen functional groups attached to an aromatic ring is 1. The number of fused-ring (bicyclic) bond motifs is 1. The van der Waals surface area contributed by atoms with Crippen LogP contribution >= 0.6 is 0 Å². The Morgan fingerprint density at radius 3 is 2.76 bits per heavy atom. The Labute approximate surface area is 190 Å². The monoisotopic (exact) mass is 450 g/mol. The molecule has 1 saturated heterocycles. The minimum atomic E-state index is -1.09. The fraction of sp³-hybridized carbons (Fsp3) is 0.333. The third-order valence-electron chi connectivity index (χ3n) is 5.66. The summed E-state index contributed by atoms with van der Waals surface area (Å²) in [6.07, 6.45) is 2.57. The van der Waals surface area contributed by atoms with E-state index in [0.29, 0.717) is 41.1 Å². The van der Waals surface area contributed by atoms with Gasteiger partial charge in [0.15, 0.2) is 0 Å². The van der Waals surface area contributed by atoms with Crippen LogP contribution in [0.2, 0.25) is 0 Å². The molecule has 1 aromatic carbocycles. The van der Waals surface area contributed by atoms with Crippen molar-refractivity contribution >= 4 is 34.6 Å². The minimum Gasteiger partial charge on any atom is -0.459 e. The lowest BCUT2D eigenvalue weighted by Gasteiger charge is -2.36. The van der Waals surface area contributed by atoms with Gasteiger partial charge in [-0.3, -0.25) is 14.4 Å². The number of aromatic nitrogens is 1. The van der Waals surface area contributed by atoms with Gasteiger partial charge in [-0.25, -0.2) is 4.98 Å². The zero-order valence-corrected chi connectivity index (χ0v) is 18.3. The van der Waals surface area contributed by atoms with Crippen LogP contribution < -0.4 is 11.1 Å². The average molecular weight is 450 g/mol. The molecule has 9 heteroatoms. The lowest BCUT2D eigenvalue weighted by molar-refractivity contribution is -0.162. The number of benzene rings is 1. The number of furan rings is 1. The summed E-state index contributed by atoms with van der Waals surface area (Å²) in [7, 11) is 0. The van der Waals surface area contributed by atoms with Crippen LogP contribution in [-0.4, -0.2) is 40.3 Å². The van der Waals surface area contributed by atoms with Crippen molar-refractivity contribution in [2.24, 2.45) is 0 Å². The first-order valence-corrected chi connectivity index (χ1v) is 10.9. The lowest BCUT2D eigenvalue weighted by Crippen LogP contribution is -2.53. The molecular formula is C24H26N4O5. The number of hydrogen-bond donors (Lipinski definition) is 2. The van der Waals surface area contributed by atoms with Crippen molar-refractivity contribution in [2.45, 2.75) is 44.9 Å². The number of hydrogen-bond acceptors (Lipinski definition) is 7. The van der Waals surface area contributed by atoms with Crippen LogP contribution in [0.1, 0.15) is 43.6 Å². The van der Waals surface area contributed by atoms with E-state index < -0.39 is 24.0 Å². The van der Waals surface area contributed by atoms with Gasteiger partial charge in [0.05, 0.1) is 11.9 Å². The molecule has 3 aromatic rings. The van der Waals surface area contributed by atoms with Crippen LogP contribution in [-0.2, 0) is 25.7 Å². The summed E-state index contributed by atoms with van der Waals surface area (Å²) in [4.78, 5) is 43.7. The Morgan fingerprint density at radius 1 is 1.24 bits per heavy atom. The van der Waals surface area contributed by atoms with E-state index in [9.17, 15) is 14.4 Å². The van der Waals surface area contributed by atoms with Crippen LogP contribution in [0.4, 0.5) is 5.82 Å². The van der Waals surface area contributed by atoms with Crippen molar-refractivity contribution in [1.82, 2.24) is 15.2 Å². The topological polar surface area (TPSA) is 128 Å². The van der Waals surface area contributed by atoms with E-state index in [4.69, 9.17) is 14.9 Å². The van der Waals surface area contributed by atoms with Gasteiger partial charge in [0.25, 0.3) is 5.91 Å². The molecular weight excluding hydrogens is 424 g/mol. The van der Waals surface area contributed by atoms with Crippen molar-refractivity contribution in [3.8, 4) is 0 Å². The lowest BCUT2D eigenvalue weighted by atomic mass is 9.99. The van der Waals surface area contributed by atoms with Crippen LogP contribution in [0.25, 0.3) is 11.0 Å². The molecule has 0 spiro atoms. The van der Waals surface area contributed by atoms with E-state index in [0.717, 1.165) is 12.8 Å². The second-order valence-electron chi connectivity index (χ2n) is 7.98. The number of piperidine rings is 1. The van der Waals surface area contributed by atoms with Crippen LogP contribution in [0.15, 0.2) is 53.1 Å². The number of ether oxygens (including phenoxy) is 1. The largest absolute Gasteiger partial charge is 0.459 e. The van der Waals surface area contributed by atoms with Gasteiger partial charge in [0.2, 0.25) is 12.0 Å². The number of nitrogens with one attached hydrogen (secondary N) is 1. The highest BCUT2D eigenvalue weighted by atomic mass is 16.5. The molecule has 172 valence electrons. The number of rotatable bonds is 6. The number of carbonyl (C=O) groups excluding carboxylic acids is 3. The predicted molar refractivity (Wildman–Crippen MR) is 121 cm³/mol. The zero-order chi connectivity index (χ0) is 23.4. The molecule has 1 aliphatic heterocycles. The van der Waals surface area contributed by atoms with Crippen molar-refractivity contribution < 1.29 is 23.5 Å². The van der Waals surface area contributed by atoms with E-state index in [1.807, 2.05) is 6.07 Å². The van der Waals surface area contributed by atoms with Crippen molar-refractivity contribution in [3.63, 3.8) is 0 Å². The summed E-state index contributed by atoms with van der Waals surface area (Å²) < 4.78 is 11.1. The molecule has 2 unspecified atom stereocenters. The van der Waals surface area contributed by atoms with Gasteiger partial charge < -0.3 is 25.1 Å². The third-order valence-corrected chi connectivity index (χ3v) is 5.66. The van der Waals surface area contributed by atoms with E-state index in [1.54, 1.807) is 42.6 Å². The Balaban J connectivity index is 1.49. The maximum Gasteiger partial charge on any atom is 0.303 e. The van der Waals surface area contributed by atoms with Crippen molar-refractivity contribution in [2.75, 3.05) is 12.3 Å². The molecule has 0 aliphatic carbocycles. The van der Waals surface area contributed by atoms with Gasteiger partial charge in [-0.1, -0.05) is 30.3 Å². The summed E-state index contributed by atoms with van der Waals surface area (Å²) in [5.41, 5.74) is 7.02. The van der Waals surface area contributed by atoms with Gasteiger partial charge in [0, 0.05) is 25.2 Å². The van der Waals surface area contributed by atoms with E-state index in [2.05, 4.69) is 10.3 Å². The number of esters is 1. The van der Waals surface area contributed by atoms with Gasteiger partial charge in [-0.05, 0) is 31.4 Å². The van der Waals surface area contributed by atoms with Gasteiger partial charge in [0.1, 0.15) is 23.2 Å². The number of pyridine rings is 1. The van der Waals surface area contributed by atoms with Gasteiger partial charge in [-0.2, -0.15) is 0 Å². The Morgan fingerprint density at radius 2 is 2.03 bits per heavy atom.